The van der Waals surface area contributed by atoms with Crippen molar-refractivity contribution in [2.45, 2.75) is 38.6 Å². The Morgan fingerprint density at radius 1 is 1.15 bits per heavy atom. The summed E-state index contributed by atoms with van der Waals surface area (Å²) in [5.74, 6) is -1.32. The van der Waals surface area contributed by atoms with Gasteiger partial charge in [-0.05, 0) is 53.3 Å². The largest absolute Gasteiger partial charge is 0.384 e. The molecule has 170 valence electrons. The van der Waals surface area contributed by atoms with E-state index in [0.29, 0.717) is 18.8 Å². The van der Waals surface area contributed by atoms with E-state index in [1.165, 1.54) is 0 Å². The van der Waals surface area contributed by atoms with Crippen LogP contribution in [0.4, 0.5) is 5.82 Å². The summed E-state index contributed by atoms with van der Waals surface area (Å²) in [5, 5.41) is 4.96. The van der Waals surface area contributed by atoms with E-state index in [9.17, 15) is 14.4 Å². The van der Waals surface area contributed by atoms with Crippen LogP contribution in [0.25, 0.3) is 10.8 Å². The summed E-state index contributed by atoms with van der Waals surface area (Å²) >= 11 is 0. The molecule has 2 aromatic carbocycles. The predicted octanol–water partition coefficient (Wildman–Crippen LogP) is 3.04. The Morgan fingerprint density at radius 2 is 1.91 bits per heavy atom. The van der Waals surface area contributed by atoms with E-state index >= 15 is 0 Å². The smallest absolute Gasteiger partial charge is 0.244 e. The molecule has 3 amide bonds. The summed E-state index contributed by atoms with van der Waals surface area (Å²) in [7, 11) is 0. The summed E-state index contributed by atoms with van der Waals surface area (Å²) in [4.78, 5) is 44.1. The number of nitrogens with two attached hydrogens (primary N) is 1. The number of hydrogen-bond acceptors (Lipinski definition) is 5. The Hall–Kier alpha value is -3.74. The number of likely N-dealkylation sites (N-methyl/N-ethyl adjacent to an activating group) is 1. The zero-order valence-corrected chi connectivity index (χ0v) is 18.8. The van der Waals surface area contributed by atoms with E-state index in [4.69, 9.17) is 5.73 Å². The quantitative estimate of drug-likeness (QED) is 0.545. The molecule has 1 fully saturated rings. The van der Waals surface area contributed by atoms with Crippen LogP contribution >= 0.6 is 0 Å². The van der Waals surface area contributed by atoms with Gasteiger partial charge >= 0.3 is 0 Å². The molecule has 7 heteroatoms. The Kier molecular flexibility index (Phi) is 6.40. The molecule has 0 saturated carbocycles. The first-order valence-electron chi connectivity index (χ1n) is 11.2. The Morgan fingerprint density at radius 3 is 2.67 bits per heavy atom. The second-order valence-corrected chi connectivity index (χ2v) is 8.51. The van der Waals surface area contributed by atoms with Crippen molar-refractivity contribution in [3.05, 3.63) is 71.9 Å². The van der Waals surface area contributed by atoms with Gasteiger partial charge in [0.05, 0.1) is 5.92 Å². The molecule has 0 bridgehead atoms. The fourth-order valence-electron chi connectivity index (χ4n) is 4.63. The monoisotopic (exact) mass is 444 g/mol. The minimum atomic E-state index is -0.820. The third-order valence-corrected chi connectivity index (χ3v) is 6.24. The molecule has 1 aliphatic rings. The molecule has 7 nitrogen and oxygen atoms in total. The van der Waals surface area contributed by atoms with Gasteiger partial charge in [-0.25, -0.2) is 4.98 Å². The number of aromatic nitrogens is 1. The Balaban J connectivity index is 1.54. The third-order valence-electron chi connectivity index (χ3n) is 6.24. The summed E-state index contributed by atoms with van der Waals surface area (Å²) in [6.07, 6.45) is 2.05. The minimum Gasteiger partial charge on any atom is -0.384 e. The number of carbonyl (C=O) groups is 3. The van der Waals surface area contributed by atoms with Crippen LogP contribution < -0.4 is 11.1 Å². The molecule has 33 heavy (non-hydrogen) atoms. The highest BCUT2D eigenvalue weighted by molar-refractivity contribution is 6.09. The molecule has 1 aliphatic heterocycles. The van der Waals surface area contributed by atoms with Gasteiger partial charge in [0, 0.05) is 19.2 Å². The van der Waals surface area contributed by atoms with Crippen LogP contribution in [0.3, 0.4) is 0 Å². The predicted molar refractivity (Wildman–Crippen MR) is 127 cm³/mol. The van der Waals surface area contributed by atoms with Crippen LogP contribution in [0.1, 0.15) is 37.3 Å². The normalized spacial score (nSPS) is 18.6. The number of fused-ring (bicyclic) bond motifs is 1. The van der Waals surface area contributed by atoms with Crippen molar-refractivity contribution in [1.29, 1.82) is 0 Å². The fourth-order valence-corrected chi connectivity index (χ4v) is 4.63. The lowest BCUT2D eigenvalue weighted by Crippen LogP contribution is -2.68. The highest BCUT2D eigenvalue weighted by Gasteiger charge is 2.53. The maximum absolute atomic E-state index is 13.2. The number of nitrogen functional groups attached to an aromatic ring is 1. The van der Waals surface area contributed by atoms with E-state index in [0.717, 1.165) is 26.8 Å². The maximum atomic E-state index is 13.2. The van der Waals surface area contributed by atoms with Crippen LogP contribution in [0.5, 0.6) is 0 Å². The van der Waals surface area contributed by atoms with Crippen molar-refractivity contribution >= 4 is 34.3 Å². The second-order valence-electron chi connectivity index (χ2n) is 8.51. The van der Waals surface area contributed by atoms with Gasteiger partial charge in [0.25, 0.3) is 0 Å². The molecule has 3 atom stereocenters. The molecule has 4 rings (SSSR count). The molecule has 0 radical (unpaired) electrons. The van der Waals surface area contributed by atoms with Gasteiger partial charge in [-0.2, -0.15) is 0 Å². The van der Waals surface area contributed by atoms with E-state index in [1.54, 1.807) is 18.3 Å². The van der Waals surface area contributed by atoms with E-state index in [2.05, 4.69) is 10.3 Å². The maximum Gasteiger partial charge on any atom is 0.244 e. The average molecular weight is 445 g/mol. The Labute approximate surface area is 193 Å². The third kappa shape index (κ3) is 4.44. The molecular formula is C26H28N4O3. The van der Waals surface area contributed by atoms with Crippen LogP contribution in [0.2, 0.25) is 0 Å². The minimum absolute atomic E-state index is 0.106. The second kappa shape index (κ2) is 9.40. The number of benzene rings is 2. The lowest BCUT2D eigenvalue weighted by Gasteiger charge is -2.45. The molecule has 2 heterocycles. The zero-order chi connectivity index (χ0) is 23.5. The van der Waals surface area contributed by atoms with Gasteiger partial charge in [-0.1, -0.05) is 49.4 Å². The first-order chi connectivity index (χ1) is 15.9. The number of hydrogen-bond donors (Lipinski definition) is 2. The van der Waals surface area contributed by atoms with Gasteiger partial charge in [0.1, 0.15) is 11.9 Å². The number of nitrogens with one attached hydrogen (secondary N) is 1. The molecular weight excluding hydrogens is 416 g/mol. The van der Waals surface area contributed by atoms with Crippen molar-refractivity contribution < 1.29 is 14.4 Å². The van der Waals surface area contributed by atoms with Crippen molar-refractivity contribution in [3.8, 4) is 0 Å². The van der Waals surface area contributed by atoms with Gasteiger partial charge in [-0.15, -0.1) is 0 Å². The molecule has 3 aromatic rings. The van der Waals surface area contributed by atoms with Crippen LogP contribution in [-0.2, 0) is 20.8 Å². The topological polar surface area (TPSA) is 105 Å². The SMILES string of the molecule is CCNC(=O)[C@@H]1[C@@H](Cc2ccnc(N)c2)C(=O)N1C(=O)C[C@H](C)c1cccc2ccccc12. The number of rotatable bonds is 7. The number of nitrogens with zero attached hydrogens (tertiary/aromatic N) is 2. The highest BCUT2D eigenvalue weighted by Crippen LogP contribution is 2.34. The van der Waals surface area contributed by atoms with E-state index in [1.807, 2.05) is 56.3 Å². The molecule has 0 unspecified atom stereocenters. The molecule has 0 aliphatic carbocycles. The number of carbonyl (C=O) groups excluding carboxylic acids is 3. The lowest BCUT2D eigenvalue weighted by molar-refractivity contribution is -0.171. The van der Waals surface area contributed by atoms with Crippen LogP contribution in [-0.4, -0.2) is 40.2 Å². The van der Waals surface area contributed by atoms with Crippen molar-refractivity contribution in [2.24, 2.45) is 5.92 Å². The molecule has 0 spiro atoms. The number of imide groups is 1. The highest BCUT2D eigenvalue weighted by atomic mass is 16.2. The summed E-state index contributed by atoms with van der Waals surface area (Å²) in [5.41, 5.74) is 7.62. The van der Waals surface area contributed by atoms with Crippen molar-refractivity contribution in [2.75, 3.05) is 12.3 Å². The van der Waals surface area contributed by atoms with E-state index < -0.39 is 12.0 Å². The zero-order valence-electron chi connectivity index (χ0n) is 18.8. The van der Waals surface area contributed by atoms with Crippen molar-refractivity contribution in [1.82, 2.24) is 15.2 Å². The van der Waals surface area contributed by atoms with E-state index in [-0.39, 0.29) is 30.1 Å². The number of amides is 3. The number of pyridine rings is 1. The lowest BCUT2D eigenvalue weighted by atomic mass is 9.80. The van der Waals surface area contributed by atoms with Crippen LogP contribution in [0, 0.1) is 5.92 Å². The fraction of sp³-hybridized carbons (Fsp3) is 0.308. The van der Waals surface area contributed by atoms with Gasteiger partial charge in [0.15, 0.2) is 0 Å². The van der Waals surface area contributed by atoms with Gasteiger partial charge in [0.2, 0.25) is 17.7 Å². The molecule has 1 aromatic heterocycles. The first kappa shape index (κ1) is 22.5. The summed E-state index contributed by atoms with van der Waals surface area (Å²) in [6, 6.07) is 16.7. The number of anilines is 1. The van der Waals surface area contributed by atoms with Gasteiger partial charge < -0.3 is 11.1 Å². The Bertz CT molecular complexity index is 1200. The van der Waals surface area contributed by atoms with Gasteiger partial charge in [-0.3, -0.25) is 19.3 Å². The average Bonchev–Trinajstić information content (AvgIpc) is 2.80. The molecule has 3 N–H and O–H groups in total. The van der Waals surface area contributed by atoms with Crippen molar-refractivity contribution in [3.63, 3.8) is 0 Å². The number of likely N-dealkylation sites (tertiary alicyclic amines) is 1. The summed E-state index contributed by atoms with van der Waals surface area (Å²) in [6.45, 7) is 4.21. The standard InChI is InChI=1S/C26H28N4O3/c1-3-28-25(32)24-21(14-17-11-12-29-22(27)15-17)26(33)30(24)23(31)13-16(2)19-10-6-8-18-7-4-5-9-20(18)19/h4-12,15-16,21,24H,3,13-14H2,1-2H3,(H2,27,29)(H,28,32)/t16-,21+,24-/m0/s1. The summed E-state index contributed by atoms with van der Waals surface area (Å²) < 4.78 is 0. The molecule has 1 saturated heterocycles. The number of β-lactam (4-membered cyclic amide) rings is 1. The van der Waals surface area contributed by atoms with Crippen LogP contribution in [0.15, 0.2) is 60.8 Å². The first-order valence-corrected chi connectivity index (χ1v) is 11.2.